The lowest BCUT2D eigenvalue weighted by Gasteiger charge is -2.06. The third kappa shape index (κ3) is 3.89. The second kappa shape index (κ2) is 5.72. The Kier molecular flexibility index (Phi) is 4.58. The maximum atomic E-state index is 10.5. The minimum atomic E-state index is -0.958. The molecule has 1 heterocycles. The number of aliphatic carboxylic acids is 1. The summed E-state index contributed by atoms with van der Waals surface area (Å²) in [5, 5.41) is 8.58. The Balaban J connectivity index is 2.38. The van der Waals surface area contributed by atoms with Crippen LogP contribution in [-0.4, -0.2) is 27.9 Å². The van der Waals surface area contributed by atoms with Gasteiger partial charge in [0.1, 0.15) is 6.04 Å². The fourth-order valence-corrected chi connectivity index (χ4v) is 2.03. The van der Waals surface area contributed by atoms with Gasteiger partial charge in [0.2, 0.25) is 0 Å². The van der Waals surface area contributed by atoms with Crippen molar-refractivity contribution in [3.8, 4) is 0 Å². The van der Waals surface area contributed by atoms with E-state index in [-0.39, 0.29) is 0 Å². The number of carboxylic acid groups (broad SMARTS) is 1. The number of aryl methyl sites for hydroxylation is 1. The van der Waals surface area contributed by atoms with Gasteiger partial charge in [-0.15, -0.1) is 0 Å². The molecule has 0 fully saturated rings. The lowest BCUT2D eigenvalue weighted by Crippen LogP contribution is -2.32. The average molecular weight is 226 g/mol. The van der Waals surface area contributed by atoms with E-state index in [1.54, 1.807) is 6.20 Å². The summed E-state index contributed by atoms with van der Waals surface area (Å²) < 4.78 is 0. The lowest BCUT2D eigenvalue weighted by atomic mass is 10.2. The van der Waals surface area contributed by atoms with Gasteiger partial charge in [0, 0.05) is 17.7 Å². The lowest BCUT2D eigenvalue weighted by molar-refractivity contribution is -0.137. The topological polar surface area (TPSA) is 76.2 Å². The SMILES string of the molecule is Cc1cccnc1CSC[C@H](N)C(=O)O. The van der Waals surface area contributed by atoms with Crippen LogP contribution in [0.4, 0.5) is 0 Å². The molecular formula is C10H14N2O2S. The second-order valence-electron chi connectivity index (χ2n) is 3.23. The summed E-state index contributed by atoms with van der Waals surface area (Å²) in [6, 6.07) is 3.07. The van der Waals surface area contributed by atoms with Crippen molar-refractivity contribution >= 4 is 17.7 Å². The number of carbonyl (C=O) groups is 1. The van der Waals surface area contributed by atoms with Crippen molar-refractivity contribution in [2.24, 2.45) is 5.73 Å². The third-order valence-corrected chi connectivity index (χ3v) is 3.04. The zero-order valence-electron chi connectivity index (χ0n) is 8.51. The van der Waals surface area contributed by atoms with E-state index in [4.69, 9.17) is 10.8 Å². The highest BCUT2D eigenvalue weighted by molar-refractivity contribution is 7.98. The van der Waals surface area contributed by atoms with Crippen molar-refractivity contribution in [3.05, 3.63) is 29.6 Å². The molecule has 3 N–H and O–H groups in total. The molecule has 0 radical (unpaired) electrons. The number of hydrogen-bond acceptors (Lipinski definition) is 4. The first kappa shape index (κ1) is 12.0. The molecule has 0 unspecified atom stereocenters. The smallest absolute Gasteiger partial charge is 0.321 e. The van der Waals surface area contributed by atoms with Crippen LogP contribution in [0.5, 0.6) is 0 Å². The van der Waals surface area contributed by atoms with Crippen molar-refractivity contribution in [3.63, 3.8) is 0 Å². The van der Waals surface area contributed by atoms with Crippen LogP contribution in [0, 0.1) is 6.92 Å². The Hall–Kier alpha value is -1.07. The summed E-state index contributed by atoms with van der Waals surface area (Å²) in [4.78, 5) is 14.7. The normalized spacial score (nSPS) is 12.4. The Labute approximate surface area is 92.9 Å². The highest BCUT2D eigenvalue weighted by Gasteiger charge is 2.11. The highest BCUT2D eigenvalue weighted by Crippen LogP contribution is 2.13. The van der Waals surface area contributed by atoms with Gasteiger partial charge in [0.05, 0.1) is 5.69 Å². The number of carboxylic acids is 1. The summed E-state index contributed by atoms with van der Waals surface area (Å²) in [6.07, 6.45) is 1.74. The van der Waals surface area contributed by atoms with Crippen molar-refractivity contribution < 1.29 is 9.90 Å². The van der Waals surface area contributed by atoms with Gasteiger partial charge in [-0.1, -0.05) is 6.07 Å². The van der Waals surface area contributed by atoms with Gasteiger partial charge >= 0.3 is 5.97 Å². The van der Waals surface area contributed by atoms with Gasteiger partial charge < -0.3 is 10.8 Å². The standard InChI is InChI=1S/C10H14N2O2S/c1-7-3-2-4-12-9(7)6-15-5-8(11)10(13)14/h2-4,8H,5-6,11H2,1H3,(H,13,14)/t8-/m0/s1. The molecule has 1 atom stereocenters. The van der Waals surface area contributed by atoms with E-state index >= 15 is 0 Å². The van der Waals surface area contributed by atoms with Crippen LogP contribution in [-0.2, 0) is 10.5 Å². The Morgan fingerprint density at radius 3 is 3.07 bits per heavy atom. The molecule has 0 saturated carbocycles. The molecule has 4 nitrogen and oxygen atoms in total. The molecule has 0 spiro atoms. The molecule has 15 heavy (non-hydrogen) atoms. The fraction of sp³-hybridized carbons (Fsp3) is 0.400. The number of nitrogens with zero attached hydrogens (tertiary/aromatic N) is 1. The van der Waals surface area contributed by atoms with Crippen LogP contribution >= 0.6 is 11.8 Å². The van der Waals surface area contributed by atoms with Gasteiger partial charge in [-0.3, -0.25) is 9.78 Å². The Morgan fingerprint density at radius 1 is 1.73 bits per heavy atom. The molecule has 0 aliphatic heterocycles. The predicted octanol–water partition coefficient (Wildman–Crippen LogP) is 1.04. The molecule has 0 aliphatic carbocycles. The van der Waals surface area contributed by atoms with Gasteiger partial charge in [0.15, 0.2) is 0 Å². The highest BCUT2D eigenvalue weighted by atomic mass is 32.2. The van der Waals surface area contributed by atoms with Crippen LogP contribution in [0.25, 0.3) is 0 Å². The minimum Gasteiger partial charge on any atom is -0.480 e. The van der Waals surface area contributed by atoms with E-state index in [1.165, 1.54) is 11.8 Å². The Morgan fingerprint density at radius 2 is 2.47 bits per heavy atom. The second-order valence-corrected chi connectivity index (χ2v) is 4.26. The molecule has 1 aromatic heterocycles. The first-order chi connectivity index (χ1) is 7.11. The zero-order chi connectivity index (χ0) is 11.3. The molecule has 82 valence electrons. The summed E-state index contributed by atoms with van der Waals surface area (Å²) in [5.74, 6) is 0.152. The van der Waals surface area contributed by atoms with E-state index in [1.807, 2.05) is 19.1 Å². The number of pyridine rings is 1. The number of rotatable bonds is 5. The van der Waals surface area contributed by atoms with E-state index in [9.17, 15) is 4.79 Å². The summed E-state index contributed by atoms with van der Waals surface area (Å²) in [5.41, 5.74) is 7.48. The maximum absolute atomic E-state index is 10.5. The summed E-state index contributed by atoms with van der Waals surface area (Å²) >= 11 is 1.49. The molecule has 0 aromatic carbocycles. The van der Waals surface area contributed by atoms with Crippen molar-refractivity contribution in [1.82, 2.24) is 4.98 Å². The molecule has 0 bridgehead atoms. The van der Waals surface area contributed by atoms with Crippen LogP contribution in [0.3, 0.4) is 0 Å². The minimum absolute atomic E-state index is 0.408. The Bertz CT molecular complexity index is 344. The number of nitrogens with two attached hydrogens (primary N) is 1. The van der Waals surface area contributed by atoms with Crippen molar-refractivity contribution in [1.29, 1.82) is 0 Å². The molecular weight excluding hydrogens is 212 g/mol. The fourth-order valence-electron chi connectivity index (χ4n) is 1.02. The molecule has 0 amide bonds. The zero-order valence-corrected chi connectivity index (χ0v) is 9.33. The average Bonchev–Trinajstić information content (AvgIpc) is 2.20. The van der Waals surface area contributed by atoms with E-state index in [0.29, 0.717) is 11.5 Å². The first-order valence-electron chi connectivity index (χ1n) is 4.58. The van der Waals surface area contributed by atoms with Crippen LogP contribution < -0.4 is 5.73 Å². The van der Waals surface area contributed by atoms with Gasteiger partial charge in [-0.25, -0.2) is 0 Å². The molecule has 0 saturated heterocycles. The van der Waals surface area contributed by atoms with Crippen LogP contribution in [0.2, 0.25) is 0 Å². The van der Waals surface area contributed by atoms with E-state index < -0.39 is 12.0 Å². The largest absolute Gasteiger partial charge is 0.480 e. The van der Waals surface area contributed by atoms with Crippen molar-refractivity contribution in [2.75, 3.05) is 5.75 Å². The summed E-state index contributed by atoms with van der Waals surface area (Å²) in [7, 11) is 0. The number of hydrogen-bond donors (Lipinski definition) is 2. The molecule has 5 heteroatoms. The number of thioether (sulfide) groups is 1. The molecule has 1 aromatic rings. The number of aromatic nitrogens is 1. The van der Waals surface area contributed by atoms with Crippen LogP contribution in [0.15, 0.2) is 18.3 Å². The van der Waals surface area contributed by atoms with Crippen LogP contribution in [0.1, 0.15) is 11.3 Å². The predicted molar refractivity (Wildman–Crippen MR) is 60.7 cm³/mol. The molecule has 0 aliphatic rings. The van der Waals surface area contributed by atoms with Gasteiger partial charge in [0.25, 0.3) is 0 Å². The molecule has 1 rings (SSSR count). The van der Waals surface area contributed by atoms with Gasteiger partial charge in [-0.2, -0.15) is 11.8 Å². The van der Waals surface area contributed by atoms with E-state index in [0.717, 1.165) is 11.3 Å². The first-order valence-corrected chi connectivity index (χ1v) is 5.73. The van der Waals surface area contributed by atoms with E-state index in [2.05, 4.69) is 4.98 Å². The maximum Gasteiger partial charge on any atom is 0.321 e. The third-order valence-electron chi connectivity index (χ3n) is 1.97. The summed E-state index contributed by atoms with van der Waals surface area (Å²) in [6.45, 7) is 1.99. The monoisotopic (exact) mass is 226 g/mol. The van der Waals surface area contributed by atoms with Crippen molar-refractivity contribution in [2.45, 2.75) is 18.7 Å². The van der Waals surface area contributed by atoms with Gasteiger partial charge in [-0.05, 0) is 18.6 Å². The quantitative estimate of drug-likeness (QED) is 0.784.